The summed E-state index contributed by atoms with van der Waals surface area (Å²) in [6.07, 6.45) is 81.8. The third-order valence-electron chi connectivity index (χ3n) is 10.5. The van der Waals surface area contributed by atoms with Gasteiger partial charge in [0, 0.05) is 19.3 Å². The molecule has 1 unspecified atom stereocenters. The lowest BCUT2D eigenvalue weighted by atomic mass is 10.1. The van der Waals surface area contributed by atoms with Crippen LogP contribution >= 0.6 is 0 Å². The van der Waals surface area contributed by atoms with Gasteiger partial charge in [0.1, 0.15) is 13.2 Å². The Hall–Kier alpha value is -5.23. The molecule has 1 atom stereocenters. The number of unbranched alkanes of at least 4 members (excludes halogenated alkanes) is 16. The maximum absolute atomic E-state index is 12.8. The van der Waals surface area contributed by atoms with Gasteiger partial charge in [-0.05, 0) is 89.9 Å². The average molecular weight is 947 g/mol. The summed E-state index contributed by atoms with van der Waals surface area (Å²) >= 11 is 0. The zero-order valence-corrected chi connectivity index (χ0v) is 43.5. The van der Waals surface area contributed by atoms with E-state index in [1.807, 2.05) is 122 Å². The highest BCUT2D eigenvalue weighted by molar-refractivity contribution is 5.71. The summed E-state index contributed by atoms with van der Waals surface area (Å²) in [6, 6.07) is 0. The van der Waals surface area contributed by atoms with Gasteiger partial charge in [-0.3, -0.25) is 14.4 Å². The van der Waals surface area contributed by atoms with Crippen LogP contribution in [0.3, 0.4) is 0 Å². The summed E-state index contributed by atoms with van der Waals surface area (Å²) in [5.74, 6) is -1.03. The van der Waals surface area contributed by atoms with E-state index < -0.39 is 6.10 Å². The largest absolute Gasteiger partial charge is 0.462 e. The van der Waals surface area contributed by atoms with E-state index in [0.717, 1.165) is 89.9 Å². The van der Waals surface area contributed by atoms with Crippen molar-refractivity contribution in [3.63, 3.8) is 0 Å². The Morgan fingerprint density at radius 1 is 0.319 bits per heavy atom. The Morgan fingerprint density at radius 2 is 0.623 bits per heavy atom. The van der Waals surface area contributed by atoms with Crippen molar-refractivity contribution < 1.29 is 28.6 Å². The number of ether oxygens (including phenoxy) is 3. The van der Waals surface area contributed by atoms with E-state index in [1.165, 1.54) is 44.9 Å². The Labute approximate surface area is 422 Å². The van der Waals surface area contributed by atoms with E-state index in [1.54, 1.807) is 0 Å². The van der Waals surface area contributed by atoms with Crippen LogP contribution in [-0.2, 0) is 28.6 Å². The van der Waals surface area contributed by atoms with E-state index in [-0.39, 0.29) is 50.4 Å². The number of esters is 3. The van der Waals surface area contributed by atoms with Gasteiger partial charge in [-0.25, -0.2) is 0 Å². The highest BCUT2D eigenvalue weighted by Gasteiger charge is 2.19. The molecule has 0 fully saturated rings. The van der Waals surface area contributed by atoms with Crippen molar-refractivity contribution in [2.45, 2.75) is 194 Å². The quantitative estimate of drug-likeness (QED) is 0.0199. The topological polar surface area (TPSA) is 78.9 Å². The Bertz CT molecular complexity index is 1650. The maximum atomic E-state index is 12.8. The summed E-state index contributed by atoms with van der Waals surface area (Å²) in [5.41, 5.74) is 0. The van der Waals surface area contributed by atoms with Crippen LogP contribution in [0.25, 0.3) is 0 Å². The maximum Gasteiger partial charge on any atom is 0.306 e. The SMILES string of the molecule is CC\C=C/C=C\C=C/C=C\C=C/CCCCCC(=O)OCC(COC(=O)CCCCC\C=C/C=C\C=C\C=C/C=C\C=C/C=C\CC)OC(=O)CCCCCCCCC/C=C\C/C=C\CCCCC. The van der Waals surface area contributed by atoms with Crippen LogP contribution in [0.5, 0.6) is 0 Å². The van der Waals surface area contributed by atoms with Crippen molar-refractivity contribution in [2.75, 3.05) is 13.2 Å². The number of carbonyl (C=O) groups excluding carboxylic acids is 3. The van der Waals surface area contributed by atoms with Crippen LogP contribution in [0.1, 0.15) is 188 Å². The van der Waals surface area contributed by atoms with Crippen LogP contribution in [0, 0.1) is 0 Å². The van der Waals surface area contributed by atoms with Crippen LogP contribution in [-0.4, -0.2) is 37.2 Å². The first kappa shape index (κ1) is 63.8. The highest BCUT2D eigenvalue weighted by Crippen LogP contribution is 2.13. The van der Waals surface area contributed by atoms with E-state index in [0.29, 0.717) is 12.8 Å². The molecule has 0 N–H and O–H groups in total. The first-order valence-corrected chi connectivity index (χ1v) is 26.8. The molecule has 0 bridgehead atoms. The minimum atomic E-state index is -0.829. The van der Waals surface area contributed by atoms with E-state index in [4.69, 9.17) is 14.2 Å². The number of hydrogen-bond donors (Lipinski definition) is 0. The van der Waals surface area contributed by atoms with Gasteiger partial charge in [0.25, 0.3) is 0 Å². The molecule has 0 aliphatic carbocycles. The molecule has 0 aromatic heterocycles. The lowest BCUT2D eigenvalue weighted by Gasteiger charge is -2.18. The molecule has 0 rings (SSSR count). The van der Waals surface area contributed by atoms with Gasteiger partial charge in [0.15, 0.2) is 6.10 Å². The zero-order valence-electron chi connectivity index (χ0n) is 43.5. The van der Waals surface area contributed by atoms with Gasteiger partial charge in [-0.2, -0.15) is 0 Å². The minimum absolute atomic E-state index is 0.128. The van der Waals surface area contributed by atoms with Gasteiger partial charge in [-0.15, -0.1) is 0 Å². The molecule has 0 aliphatic heterocycles. The molecule has 0 amide bonds. The molecule has 69 heavy (non-hydrogen) atoms. The lowest BCUT2D eigenvalue weighted by molar-refractivity contribution is -0.167. The fourth-order valence-electron chi connectivity index (χ4n) is 6.53. The summed E-state index contributed by atoms with van der Waals surface area (Å²) in [4.78, 5) is 38.1. The number of carbonyl (C=O) groups is 3. The molecule has 0 saturated heterocycles. The summed E-state index contributed by atoms with van der Waals surface area (Å²) in [6.45, 7) is 6.21. The third-order valence-corrected chi connectivity index (χ3v) is 10.5. The van der Waals surface area contributed by atoms with Crippen LogP contribution in [0.15, 0.2) is 170 Å². The first-order valence-electron chi connectivity index (χ1n) is 26.8. The molecular formula is C63H94O6. The average Bonchev–Trinajstić information content (AvgIpc) is 3.35. The summed E-state index contributed by atoms with van der Waals surface area (Å²) in [7, 11) is 0. The Balaban J connectivity index is 4.62. The van der Waals surface area contributed by atoms with Gasteiger partial charge in [0.2, 0.25) is 0 Å². The molecule has 0 saturated carbocycles. The molecule has 0 aliphatic rings. The summed E-state index contributed by atoms with van der Waals surface area (Å²) in [5, 5.41) is 0. The Kier molecular flexibility index (Phi) is 51.2. The van der Waals surface area contributed by atoms with Crippen LogP contribution in [0.2, 0.25) is 0 Å². The Morgan fingerprint density at radius 3 is 1.01 bits per heavy atom. The third kappa shape index (κ3) is 53.6. The predicted molar refractivity (Wildman–Crippen MR) is 297 cm³/mol. The molecule has 0 aromatic rings. The fourth-order valence-corrected chi connectivity index (χ4v) is 6.53. The fraction of sp³-hybridized carbons (Fsp3) is 0.508. The van der Waals surface area contributed by atoms with Crippen molar-refractivity contribution in [2.24, 2.45) is 0 Å². The zero-order chi connectivity index (χ0) is 50.0. The van der Waals surface area contributed by atoms with Crippen molar-refractivity contribution in [3.05, 3.63) is 170 Å². The van der Waals surface area contributed by atoms with E-state index in [2.05, 4.69) is 69.4 Å². The van der Waals surface area contributed by atoms with Crippen molar-refractivity contribution in [1.29, 1.82) is 0 Å². The first-order chi connectivity index (χ1) is 34.0. The van der Waals surface area contributed by atoms with Crippen molar-refractivity contribution in [1.82, 2.24) is 0 Å². The molecule has 382 valence electrons. The lowest BCUT2D eigenvalue weighted by Crippen LogP contribution is -2.30. The molecule has 6 nitrogen and oxygen atoms in total. The second-order valence-electron chi connectivity index (χ2n) is 17.0. The monoisotopic (exact) mass is 947 g/mol. The van der Waals surface area contributed by atoms with Crippen molar-refractivity contribution >= 4 is 17.9 Å². The van der Waals surface area contributed by atoms with Gasteiger partial charge in [0.05, 0.1) is 0 Å². The van der Waals surface area contributed by atoms with E-state index >= 15 is 0 Å². The number of allylic oxidation sites excluding steroid dienone is 28. The van der Waals surface area contributed by atoms with Gasteiger partial charge in [-0.1, -0.05) is 249 Å². The highest BCUT2D eigenvalue weighted by atomic mass is 16.6. The van der Waals surface area contributed by atoms with Crippen LogP contribution in [0.4, 0.5) is 0 Å². The standard InChI is InChI=1S/C63H94O6/c1-4-7-10-13-16-19-22-25-28-30-31-33-35-38-41-44-47-50-53-56-62(65)68-59-60(58-67-61(64)55-52-49-46-43-40-37-34-27-24-21-18-15-12-9-6-3)69-63(66)57-54-51-48-45-42-39-36-32-29-26-23-20-17-14-11-8-5-2/h7,9-10,12-13,15-22,24-31,33-35,37-38,40-41,60H,4-6,8,11,14,23,32,36,39,42-59H2,1-3H3/b10-7-,12-9-,16-13-,18-15-,20-17-,22-19-,24-21-,28-25-,29-26-,31-30+,34-27-,35-33-,40-37-,41-38-. The predicted octanol–water partition coefficient (Wildman–Crippen LogP) is 18.0. The van der Waals surface area contributed by atoms with Crippen molar-refractivity contribution in [3.8, 4) is 0 Å². The molecule has 0 spiro atoms. The van der Waals surface area contributed by atoms with Crippen LogP contribution < -0.4 is 0 Å². The summed E-state index contributed by atoms with van der Waals surface area (Å²) < 4.78 is 16.7. The normalized spacial score (nSPS) is 13.5. The number of hydrogen-bond acceptors (Lipinski definition) is 6. The van der Waals surface area contributed by atoms with Gasteiger partial charge < -0.3 is 14.2 Å². The smallest absolute Gasteiger partial charge is 0.306 e. The number of rotatable bonds is 45. The minimum Gasteiger partial charge on any atom is -0.462 e. The second kappa shape index (κ2) is 55.4. The molecule has 0 radical (unpaired) electrons. The van der Waals surface area contributed by atoms with Gasteiger partial charge >= 0.3 is 17.9 Å². The molecule has 6 heteroatoms. The molecular weight excluding hydrogens is 853 g/mol. The second-order valence-corrected chi connectivity index (χ2v) is 17.0. The van der Waals surface area contributed by atoms with E-state index in [9.17, 15) is 14.4 Å². The molecule has 0 aromatic carbocycles. The molecule has 0 heterocycles.